The van der Waals surface area contributed by atoms with E-state index in [1.54, 1.807) is 6.33 Å². The minimum absolute atomic E-state index is 0.486. The van der Waals surface area contributed by atoms with Crippen LogP contribution < -0.4 is 4.74 Å². The first-order valence-corrected chi connectivity index (χ1v) is 10.5. The molecule has 1 aromatic carbocycles. The van der Waals surface area contributed by atoms with Crippen molar-refractivity contribution in [3.63, 3.8) is 0 Å². The molecule has 0 radical (unpaired) electrons. The lowest BCUT2D eigenvalue weighted by molar-refractivity contribution is 0.301. The number of nitrogens with zero attached hydrogens (tertiary/aromatic N) is 7. The molecule has 8 heteroatoms. The topological polar surface area (TPSA) is 83.0 Å². The summed E-state index contributed by atoms with van der Waals surface area (Å²) in [5, 5.41) is 21.6. The zero-order valence-electron chi connectivity index (χ0n) is 16.4. The summed E-state index contributed by atoms with van der Waals surface area (Å²) >= 11 is 0. The molecule has 0 aliphatic heterocycles. The van der Waals surface area contributed by atoms with E-state index in [0.29, 0.717) is 12.6 Å². The van der Waals surface area contributed by atoms with E-state index in [4.69, 9.17) is 4.74 Å². The Morgan fingerprint density at radius 3 is 2.86 bits per heavy atom. The average molecular weight is 391 g/mol. The molecule has 5 rings (SSSR count). The van der Waals surface area contributed by atoms with Crippen molar-refractivity contribution >= 4 is 16.6 Å². The van der Waals surface area contributed by atoms with Gasteiger partial charge in [-0.15, -0.1) is 15.3 Å². The minimum atomic E-state index is 0.486. The number of fused-ring (bicyclic) bond motifs is 3. The number of rotatable bonds is 7. The van der Waals surface area contributed by atoms with Crippen LogP contribution in [0.25, 0.3) is 16.6 Å². The Hall–Kier alpha value is -3.03. The highest BCUT2D eigenvalue weighted by Gasteiger charge is 2.19. The Morgan fingerprint density at radius 2 is 1.93 bits per heavy atom. The number of pyridine rings is 1. The zero-order valence-corrected chi connectivity index (χ0v) is 16.4. The molecule has 0 atom stereocenters. The Balaban J connectivity index is 1.14. The van der Waals surface area contributed by atoms with Crippen molar-refractivity contribution in [2.24, 2.45) is 0 Å². The first-order chi connectivity index (χ1) is 14.4. The molecule has 0 saturated heterocycles. The number of hydrogen-bond acceptors (Lipinski definition) is 6. The SMILES string of the molecule is c1cc2c(ccc3nncn32)cc1OCCCCc1nnnn1C1CCCCC1. The number of tetrazole rings is 1. The van der Waals surface area contributed by atoms with Crippen LogP contribution in [-0.2, 0) is 6.42 Å². The van der Waals surface area contributed by atoms with Gasteiger partial charge in [0, 0.05) is 11.8 Å². The Kier molecular flexibility index (Phi) is 5.06. The van der Waals surface area contributed by atoms with Crippen LogP contribution in [-0.4, -0.2) is 41.4 Å². The maximum Gasteiger partial charge on any atom is 0.161 e. The van der Waals surface area contributed by atoms with Crippen LogP contribution in [0.1, 0.15) is 56.8 Å². The third-order valence-corrected chi connectivity index (χ3v) is 5.79. The standard InChI is InChI=1S/C21H25N7O/c1-2-6-17(7-3-1)28-21(24-25-26-28)8-4-5-13-29-18-10-11-19-16(14-18)9-12-20-23-22-15-27(19)20/h9-12,14-15,17H,1-8,13H2. The van der Waals surface area contributed by atoms with Gasteiger partial charge in [-0.1, -0.05) is 19.3 Å². The third kappa shape index (κ3) is 3.79. The fourth-order valence-electron chi connectivity index (χ4n) is 4.24. The van der Waals surface area contributed by atoms with E-state index >= 15 is 0 Å². The Bertz CT molecular complexity index is 1100. The van der Waals surface area contributed by atoms with Crippen molar-refractivity contribution in [3.8, 4) is 5.75 Å². The molecule has 150 valence electrons. The highest BCUT2D eigenvalue weighted by molar-refractivity contribution is 5.83. The Labute approximate surface area is 168 Å². The van der Waals surface area contributed by atoms with E-state index in [-0.39, 0.29) is 0 Å². The third-order valence-electron chi connectivity index (χ3n) is 5.79. The van der Waals surface area contributed by atoms with Gasteiger partial charge >= 0.3 is 0 Å². The number of aromatic nitrogens is 7. The molecule has 1 fully saturated rings. The fraction of sp³-hybridized carbons (Fsp3) is 0.476. The largest absolute Gasteiger partial charge is 0.494 e. The van der Waals surface area contributed by atoms with Crippen LogP contribution in [0.4, 0.5) is 0 Å². The van der Waals surface area contributed by atoms with Crippen molar-refractivity contribution in [1.29, 1.82) is 0 Å². The van der Waals surface area contributed by atoms with Gasteiger partial charge in [0.1, 0.15) is 12.1 Å². The number of ether oxygens (including phenoxy) is 1. The summed E-state index contributed by atoms with van der Waals surface area (Å²) in [6.07, 6.45) is 10.9. The van der Waals surface area contributed by atoms with Crippen molar-refractivity contribution < 1.29 is 4.74 Å². The molecule has 0 spiro atoms. The molecule has 1 saturated carbocycles. The van der Waals surface area contributed by atoms with Crippen molar-refractivity contribution in [3.05, 3.63) is 42.5 Å². The molecular formula is C21H25N7O. The molecule has 0 unspecified atom stereocenters. The molecule has 3 aromatic heterocycles. The number of benzene rings is 1. The van der Waals surface area contributed by atoms with Gasteiger partial charge < -0.3 is 4.74 Å². The lowest BCUT2D eigenvalue weighted by Gasteiger charge is -2.22. The summed E-state index contributed by atoms with van der Waals surface area (Å²) in [4.78, 5) is 0. The number of aryl methyl sites for hydroxylation is 1. The van der Waals surface area contributed by atoms with Gasteiger partial charge in [0.15, 0.2) is 11.5 Å². The second-order valence-corrected chi connectivity index (χ2v) is 7.75. The number of unbranched alkanes of at least 4 members (excludes halogenated alkanes) is 1. The molecule has 0 bridgehead atoms. The summed E-state index contributed by atoms with van der Waals surface area (Å²) in [6.45, 7) is 0.686. The van der Waals surface area contributed by atoms with Crippen LogP contribution in [0.15, 0.2) is 36.7 Å². The van der Waals surface area contributed by atoms with Crippen LogP contribution in [0.5, 0.6) is 5.75 Å². The second-order valence-electron chi connectivity index (χ2n) is 7.75. The van der Waals surface area contributed by atoms with E-state index in [0.717, 1.165) is 47.4 Å². The van der Waals surface area contributed by atoms with Crippen LogP contribution in [0.3, 0.4) is 0 Å². The summed E-state index contributed by atoms with van der Waals surface area (Å²) < 4.78 is 10.0. The molecule has 0 N–H and O–H groups in total. The average Bonchev–Trinajstić information content (AvgIpc) is 3.43. The van der Waals surface area contributed by atoms with Gasteiger partial charge in [-0.3, -0.25) is 4.40 Å². The quantitative estimate of drug-likeness (QED) is 0.446. The maximum atomic E-state index is 5.97. The van der Waals surface area contributed by atoms with E-state index < -0.39 is 0 Å². The molecule has 29 heavy (non-hydrogen) atoms. The maximum absolute atomic E-state index is 5.97. The van der Waals surface area contributed by atoms with E-state index in [9.17, 15) is 0 Å². The van der Waals surface area contributed by atoms with Crippen molar-refractivity contribution in [2.75, 3.05) is 6.61 Å². The first kappa shape index (κ1) is 18.0. The smallest absolute Gasteiger partial charge is 0.161 e. The van der Waals surface area contributed by atoms with Crippen molar-refractivity contribution in [1.82, 2.24) is 34.8 Å². The molecule has 3 heterocycles. The zero-order chi connectivity index (χ0) is 19.5. The Morgan fingerprint density at radius 1 is 1.00 bits per heavy atom. The normalized spacial score (nSPS) is 15.3. The molecular weight excluding hydrogens is 366 g/mol. The molecule has 0 amide bonds. The van der Waals surface area contributed by atoms with Crippen LogP contribution in [0, 0.1) is 0 Å². The van der Waals surface area contributed by atoms with E-state index in [1.807, 2.05) is 16.5 Å². The van der Waals surface area contributed by atoms with Gasteiger partial charge in [0.25, 0.3) is 0 Å². The fourth-order valence-corrected chi connectivity index (χ4v) is 4.24. The molecule has 1 aliphatic rings. The number of hydrogen-bond donors (Lipinski definition) is 0. The van der Waals surface area contributed by atoms with E-state index in [2.05, 4.69) is 48.6 Å². The highest BCUT2D eigenvalue weighted by atomic mass is 16.5. The highest BCUT2D eigenvalue weighted by Crippen LogP contribution is 2.28. The lowest BCUT2D eigenvalue weighted by atomic mass is 9.95. The first-order valence-electron chi connectivity index (χ1n) is 10.5. The van der Waals surface area contributed by atoms with Gasteiger partial charge in [-0.25, -0.2) is 4.68 Å². The van der Waals surface area contributed by atoms with Gasteiger partial charge in [-0.05, 0) is 66.4 Å². The van der Waals surface area contributed by atoms with Crippen molar-refractivity contribution in [2.45, 2.75) is 57.4 Å². The van der Waals surface area contributed by atoms with E-state index in [1.165, 1.54) is 32.1 Å². The van der Waals surface area contributed by atoms with Gasteiger partial charge in [0.05, 0.1) is 18.2 Å². The second kappa shape index (κ2) is 8.14. The molecule has 8 nitrogen and oxygen atoms in total. The minimum Gasteiger partial charge on any atom is -0.494 e. The summed E-state index contributed by atoms with van der Waals surface area (Å²) in [7, 11) is 0. The molecule has 4 aromatic rings. The van der Waals surface area contributed by atoms with Crippen LogP contribution >= 0.6 is 0 Å². The predicted molar refractivity (Wildman–Crippen MR) is 109 cm³/mol. The van der Waals surface area contributed by atoms with Gasteiger partial charge in [0.2, 0.25) is 0 Å². The summed E-state index contributed by atoms with van der Waals surface area (Å²) in [5.74, 6) is 1.90. The lowest BCUT2D eigenvalue weighted by Crippen LogP contribution is -2.17. The monoisotopic (exact) mass is 391 g/mol. The summed E-state index contributed by atoms with van der Waals surface area (Å²) in [6, 6.07) is 10.6. The predicted octanol–water partition coefficient (Wildman–Crippen LogP) is 3.78. The summed E-state index contributed by atoms with van der Waals surface area (Å²) in [5.41, 5.74) is 1.93. The molecule has 1 aliphatic carbocycles. The van der Waals surface area contributed by atoms with Gasteiger partial charge in [-0.2, -0.15) is 0 Å². The van der Waals surface area contributed by atoms with Crippen LogP contribution in [0.2, 0.25) is 0 Å².